The molecule has 0 fully saturated rings. The van der Waals surface area contributed by atoms with E-state index in [0.29, 0.717) is 11.6 Å². The van der Waals surface area contributed by atoms with Crippen molar-refractivity contribution in [2.24, 2.45) is 0 Å². The molecule has 0 unspecified atom stereocenters. The van der Waals surface area contributed by atoms with Crippen LogP contribution in [0.2, 0.25) is 0 Å². The maximum Gasteiger partial charge on any atom is 0.254 e. The van der Waals surface area contributed by atoms with Crippen LogP contribution in [0.1, 0.15) is 5.89 Å². The Labute approximate surface area is 114 Å². The number of hydrogen-bond acceptors (Lipinski definition) is 4. The highest BCUT2D eigenvalue weighted by Crippen LogP contribution is 2.21. The van der Waals surface area contributed by atoms with Gasteiger partial charge in [0.15, 0.2) is 6.61 Å². The van der Waals surface area contributed by atoms with Gasteiger partial charge in [-0.15, -0.1) is 10.2 Å². The lowest BCUT2D eigenvalue weighted by Crippen LogP contribution is -1.95. The van der Waals surface area contributed by atoms with Crippen molar-refractivity contribution in [1.82, 2.24) is 10.2 Å². The monoisotopic (exact) mass is 270 g/mol. The van der Waals surface area contributed by atoms with Crippen LogP contribution in [0.4, 0.5) is 4.39 Å². The van der Waals surface area contributed by atoms with Gasteiger partial charge in [0.25, 0.3) is 11.8 Å². The van der Waals surface area contributed by atoms with Crippen LogP contribution in [0, 0.1) is 5.82 Å². The third-order valence-electron chi connectivity index (χ3n) is 2.68. The van der Waals surface area contributed by atoms with Crippen LogP contribution < -0.4 is 4.74 Å². The highest BCUT2D eigenvalue weighted by atomic mass is 19.1. The molecule has 0 radical (unpaired) electrons. The Morgan fingerprint density at radius 1 is 0.950 bits per heavy atom. The van der Waals surface area contributed by atoms with Gasteiger partial charge in [0.1, 0.15) is 11.6 Å². The number of ether oxygens (including phenoxy) is 1. The van der Waals surface area contributed by atoms with Crippen molar-refractivity contribution in [2.45, 2.75) is 6.61 Å². The zero-order chi connectivity index (χ0) is 13.8. The van der Waals surface area contributed by atoms with Gasteiger partial charge in [-0.25, -0.2) is 4.39 Å². The highest BCUT2D eigenvalue weighted by molar-refractivity contribution is 5.53. The van der Waals surface area contributed by atoms with Crippen molar-refractivity contribution in [3.05, 3.63) is 66.3 Å². The lowest BCUT2D eigenvalue weighted by molar-refractivity contribution is 0.264. The smallest absolute Gasteiger partial charge is 0.254 e. The number of aromatic nitrogens is 2. The van der Waals surface area contributed by atoms with Gasteiger partial charge in [-0.05, 0) is 24.3 Å². The summed E-state index contributed by atoms with van der Waals surface area (Å²) in [6.45, 7) is 0.144. The minimum Gasteiger partial charge on any atom is -0.484 e. The van der Waals surface area contributed by atoms with E-state index in [0.717, 1.165) is 0 Å². The highest BCUT2D eigenvalue weighted by Gasteiger charge is 2.12. The lowest BCUT2D eigenvalue weighted by Gasteiger charge is -2.01. The van der Waals surface area contributed by atoms with E-state index in [4.69, 9.17) is 9.15 Å². The van der Waals surface area contributed by atoms with Gasteiger partial charge in [0.05, 0.1) is 5.56 Å². The summed E-state index contributed by atoms with van der Waals surface area (Å²) >= 11 is 0. The van der Waals surface area contributed by atoms with E-state index in [-0.39, 0.29) is 18.1 Å². The third-order valence-corrected chi connectivity index (χ3v) is 2.68. The largest absolute Gasteiger partial charge is 0.484 e. The fourth-order valence-electron chi connectivity index (χ4n) is 1.72. The van der Waals surface area contributed by atoms with Crippen LogP contribution in [0.15, 0.2) is 59.0 Å². The fourth-order valence-corrected chi connectivity index (χ4v) is 1.72. The summed E-state index contributed by atoms with van der Waals surface area (Å²) in [5.74, 6) is 0.756. The Morgan fingerprint density at radius 3 is 2.50 bits per heavy atom. The van der Waals surface area contributed by atoms with Crippen molar-refractivity contribution in [3.8, 4) is 17.2 Å². The molecule has 4 nitrogen and oxygen atoms in total. The Kier molecular flexibility index (Phi) is 3.41. The maximum absolute atomic E-state index is 13.6. The molecule has 0 aliphatic carbocycles. The minimum atomic E-state index is -0.397. The van der Waals surface area contributed by atoms with Gasteiger partial charge < -0.3 is 9.15 Å². The second-order valence-electron chi connectivity index (χ2n) is 4.08. The Hall–Kier alpha value is -2.69. The molecule has 20 heavy (non-hydrogen) atoms. The zero-order valence-electron chi connectivity index (χ0n) is 10.5. The third kappa shape index (κ3) is 2.66. The van der Waals surface area contributed by atoms with Gasteiger partial charge in [-0.2, -0.15) is 0 Å². The van der Waals surface area contributed by atoms with Gasteiger partial charge in [0, 0.05) is 0 Å². The first-order valence-corrected chi connectivity index (χ1v) is 6.08. The number of nitrogens with zero attached hydrogens (tertiary/aromatic N) is 2. The molecule has 2 aromatic carbocycles. The van der Waals surface area contributed by atoms with E-state index >= 15 is 0 Å². The number of rotatable bonds is 4. The fraction of sp³-hybridized carbons (Fsp3) is 0.0667. The Bertz CT molecular complexity index is 698. The molecule has 100 valence electrons. The molecular formula is C15H11FN2O2. The molecule has 0 aliphatic heterocycles. The molecule has 0 saturated carbocycles. The molecule has 0 amide bonds. The normalized spacial score (nSPS) is 10.4. The number of benzene rings is 2. The molecular weight excluding hydrogens is 259 g/mol. The summed E-state index contributed by atoms with van der Waals surface area (Å²) in [6.07, 6.45) is 0. The SMILES string of the molecule is Fc1ccccc1-c1nnc(COc2ccccc2)o1. The summed E-state index contributed by atoms with van der Waals surface area (Å²) in [5, 5.41) is 7.66. The average Bonchev–Trinajstić information content (AvgIpc) is 2.95. The summed E-state index contributed by atoms with van der Waals surface area (Å²) < 4.78 is 24.4. The molecule has 0 aliphatic rings. The first-order valence-electron chi connectivity index (χ1n) is 6.08. The number of para-hydroxylation sites is 1. The van der Waals surface area contributed by atoms with E-state index in [1.807, 2.05) is 30.3 Å². The van der Waals surface area contributed by atoms with Crippen molar-refractivity contribution in [1.29, 1.82) is 0 Å². The molecule has 0 spiro atoms. The van der Waals surface area contributed by atoms with Gasteiger partial charge in [-0.1, -0.05) is 30.3 Å². The number of halogens is 1. The molecule has 3 aromatic rings. The summed E-state index contributed by atoms with van der Waals surface area (Å²) in [7, 11) is 0. The van der Waals surface area contributed by atoms with Crippen LogP contribution in [0.5, 0.6) is 5.75 Å². The zero-order valence-corrected chi connectivity index (χ0v) is 10.5. The molecule has 3 rings (SSSR count). The second-order valence-corrected chi connectivity index (χ2v) is 4.08. The van der Waals surface area contributed by atoms with Gasteiger partial charge in [-0.3, -0.25) is 0 Å². The van der Waals surface area contributed by atoms with E-state index < -0.39 is 5.82 Å². The van der Waals surface area contributed by atoms with E-state index in [2.05, 4.69) is 10.2 Å². The van der Waals surface area contributed by atoms with Crippen LogP contribution >= 0.6 is 0 Å². The van der Waals surface area contributed by atoms with Crippen molar-refractivity contribution >= 4 is 0 Å². The quantitative estimate of drug-likeness (QED) is 0.728. The topological polar surface area (TPSA) is 48.2 Å². The van der Waals surface area contributed by atoms with Crippen LogP contribution in [0.25, 0.3) is 11.5 Å². The lowest BCUT2D eigenvalue weighted by atomic mass is 10.2. The van der Waals surface area contributed by atoms with E-state index in [1.54, 1.807) is 18.2 Å². The summed E-state index contributed by atoms with van der Waals surface area (Å²) in [6, 6.07) is 15.5. The van der Waals surface area contributed by atoms with E-state index in [9.17, 15) is 4.39 Å². The Morgan fingerprint density at radius 2 is 1.70 bits per heavy atom. The first-order chi connectivity index (χ1) is 9.83. The van der Waals surface area contributed by atoms with E-state index in [1.165, 1.54) is 6.07 Å². The molecule has 5 heteroatoms. The standard InChI is InChI=1S/C15H11FN2O2/c16-13-9-5-4-8-12(13)15-18-17-14(20-15)10-19-11-6-2-1-3-7-11/h1-9H,10H2. The van der Waals surface area contributed by atoms with Crippen molar-refractivity contribution in [2.75, 3.05) is 0 Å². The predicted octanol–water partition coefficient (Wildman–Crippen LogP) is 3.45. The molecule has 0 atom stereocenters. The molecule has 0 saturated heterocycles. The molecule has 1 aromatic heterocycles. The molecule has 1 heterocycles. The first kappa shape index (κ1) is 12.3. The minimum absolute atomic E-state index is 0.144. The Balaban J connectivity index is 1.73. The van der Waals surface area contributed by atoms with Crippen LogP contribution in [-0.4, -0.2) is 10.2 Å². The van der Waals surface area contributed by atoms with Crippen molar-refractivity contribution in [3.63, 3.8) is 0 Å². The predicted molar refractivity (Wildman–Crippen MR) is 70.5 cm³/mol. The number of hydrogen-bond donors (Lipinski definition) is 0. The summed E-state index contributed by atoms with van der Waals surface area (Å²) in [5.41, 5.74) is 0.283. The van der Waals surface area contributed by atoms with Gasteiger partial charge in [0.2, 0.25) is 0 Å². The maximum atomic E-state index is 13.6. The average molecular weight is 270 g/mol. The van der Waals surface area contributed by atoms with Crippen LogP contribution in [0.3, 0.4) is 0 Å². The summed E-state index contributed by atoms with van der Waals surface area (Å²) in [4.78, 5) is 0. The van der Waals surface area contributed by atoms with Gasteiger partial charge >= 0.3 is 0 Å². The second kappa shape index (κ2) is 5.52. The molecule has 0 bridgehead atoms. The van der Waals surface area contributed by atoms with Crippen molar-refractivity contribution < 1.29 is 13.5 Å². The van der Waals surface area contributed by atoms with Crippen LogP contribution in [-0.2, 0) is 6.61 Å². The molecule has 0 N–H and O–H groups in total.